The van der Waals surface area contributed by atoms with Gasteiger partial charge in [-0.1, -0.05) is 23.1 Å². The van der Waals surface area contributed by atoms with Crippen LogP contribution in [0.5, 0.6) is 5.75 Å². The number of fused-ring (bicyclic) bond motifs is 1. The van der Waals surface area contributed by atoms with E-state index in [1.807, 2.05) is 37.3 Å². The number of H-pyrrole nitrogens is 1. The fourth-order valence-electron chi connectivity index (χ4n) is 3.11. The quantitative estimate of drug-likeness (QED) is 0.298. The summed E-state index contributed by atoms with van der Waals surface area (Å²) in [4.78, 5) is 25.2. The van der Waals surface area contributed by atoms with Crippen molar-refractivity contribution in [2.24, 2.45) is 0 Å². The highest BCUT2D eigenvalue weighted by atomic mass is 32.2. The molecule has 5 aromatic rings. The average Bonchev–Trinajstić information content (AvgIpc) is 3.59. The number of ether oxygens (including phenoxy) is 1. The van der Waals surface area contributed by atoms with E-state index >= 15 is 0 Å². The fourth-order valence-corrected chi connectivity index (χ4v) is 4.81. The number of nitrogens with zero attached hydrogens (tertiary/aromatic N) is 2. The number of hydrogen-bond donors (Lipinski definition) is 2. The maximum atomic E-state index is 12.8. The van der Waals surface area contributed by atoms with Gasteiger partial charge in [0, 0.05) is 0 Å². The number of amides is 1. The third-order valence-corrected chi connectivity index (χ3v) is 6.61. The van der Waals surface area contributed by atoms with Crippen LogP contribution in [0, 0.1) is 0 Å². The van der Waals surface area contributed by atoms with Crippen LogP contribution in [0.4, 0.5) is 5.13 Å². The number of thiazole rings is 1. The van der Waals surface area contributed by atoms with Gasteiger partial charge in [-0.3, -0.25) is 4.79 Å². The second-order valence-corrected chi connectivity index (χ2v) is 9.18. The van der Waals surface area contributed by atoms with Gasteiger partial charge in [-0.25, -0.2) is 9.97 Å². The monoisotopic (exact) mass is 466 g/mol. The van der Waals surface area contributed by atoms with Crippen molar-refractivity contribution in [1.29, 1.82) is 0 Å². The van der Waals surface area contributed by atoms with Gasteiger partial charge in [0.2, 0.25) is 5.91 Å². The highest BCUT2D eigenvalue weighted by Crippen LogP contribution is 2.35. The zero-order chi connectivity index (χ0) is 22.1. The minimum atomic E-state index is -0.420. The summed E-state index contributed by atoms with van der Waals surface area (Å²) in [5, 5.41) is 3.60. The topological polar surface area (TPSA) is 106 Å². The summed E-state index contributed by atoms with van der Waals surface area (Å²) in [6.45, 7) is 1.82. The van der Waals surface area contributed by atoms with Crippen LogP contribution in [-0.4, -0.2) is 33.2 Å². The van der Waals surface area contributed by atoms with E-state index in [0.717, 1.165) is 16.0 Å². The van der Waals surface area contributed by atoms with Crippen LogP contribution in [0.25, 0.3) is 33.1 Å². The summed E-state index contributed by atoms with van der Waals surface area (Å²) in [6.07, 6.45) is 3.19. The molecule has 32 heavy (non-hydrogen) atoms. The molecule has 4 aromatic heterocycles. The number of hydrogen-bond acceptors (Lipinski definition) is 8. The first kappa shape index (κ1) is 20.4. The number of aromatic amines is 1. The third kappa shape index (κ3) is 4.02. The molecule has 1 unspecified atom stereocenters. The Kier molecular flexibility index (Phi) is 5.46. The van der Waals surface area contributed by atoms with E-state index in [1.54, 1.807) is 31.8 Å². The van der Waals surface area contributed by atoms with Gasteiger partial charge < -0.3 is 23.9 Å². The van der Waals surface area contributed by atoms with E-state index in [1.165, 1.54) is 23.1 Å². The molecule has 8 nitrogen and oxygen atoms in total. The number of imidazole rings is 1. The Labute approximate surface area is 191 Å². The summed E-state index contributed by atoms with van der Waals surface area (Å²) in [6, 6.07) is 12.9. The number of benzene rings is 1. The second kappa shape index (κ2) is 8.56. The zero-order valence-electron chi connectivity index (χ0n) is 17.1. The molecule has 162 valence electrons. The number of anilines is 1. The first-order valence-corrected chi connectivity index (χ1v) is 11.4. The number of carbonyl (C=O) groups excluding carboxylic acids is 1. The minimum absolute atomic E-state index is 0.170. The van der Waals surface area contributed by atoms with E-state index in [2.05, 4.69) is 20.3 Å². The smallest absolute Gasteiger partial charge is 0.239 e. The Bertz CT molecular complexity index is 1300. The average molecular weight is 467 g/mol. The highest BCUT2D eigenvalue weighted by molar-refractivity contribution is 8.00. The molecule has 0 aliphatic heterocycles. The van der Waals surface area contributed by atoms with Gasteiger partial charge in [0.1, 0.15) is 17.1 Å². The summed E-state index contributed by atoms with van der Waals surface area (Å²) in [5.41, 5.74) is 2.13. The fraction of sp³-hybridized carbons (Fsp3) is 0.136. The molecule has 5 rings (SSSR count). The molecule has 1 atom stereocenters. The first-order chi connectivity index (χ1) is 15.6. The Morgan fingerprint density at radius 2 is 1.94 bits per heavy atom. The zero-order valence-corrected chi connectivity index (χ0v) is 18.8. The van der Waals surface area contributed by atoms with E-state index in [-0.39, 0.29) is 5.91 Å². The summed E-state index contributed by atoms with van der Waals surface area (Å²) in [7, 11) is 1.62. The molecule has 0 saturated carbocycles. The lowest BCUT2D eigenvalue weighted by Gasteiger charge is -2.08. The molecular weight excluding hydrogens is 448 g/mol. The summed E-state index contributed by atoms with van der Waals surface area (Å²) in [5.74, 6) is 1.83. The molecule has 4 heterocycles. The van der Waals surface area contributed by atoms with E-state index < -0.39 is 5.25 Å². The molecule has 0 aliphatic rings. The number of furan rings is 2. The van der Waals surface area contributed by atoms with Gasteiger partial charge in [0.05, 0.1) is 35.1 Å². The van der Waals surface area contributed by atoms with Crippen molar-refractivity contribution in [3.8, 4) is 28.7 Å². The maximum Gasteiger partial charge on any atom is 0.239 e. The number of thioether (sulfide) groups is 1. The highest BCUT2D eigenvalue weighted by Gasteiger charge is 2.22. The largest absolute Gasteiger partial charge is 0.497 e. The maximum absolute atomic E-state index is 12.8. The van der Waals surface area contributed by atoms with E-state index in [4.69, 9.17) is 13.6 Å². The van der Waals surface area contributed by atoms with Gasteiger partial charge >= 0.3 is 0 Å². The molecule has 0 saturated heterocycles. The van der Waals surface area contributed by atoms with Crippen molar-refractivity contribution >= 4 is 44.4 Å². The molecule has 10 heteroatoms. The Balaban J connectivity index is 1.34. The Morgan fingerprint density at radius 3 is 2.66 bits per heavy atom. The lowest BCUT2D eigenvalue weighted by Crippen LogP contribution is -2.22. The molecular formula is C22H18N4O4S2. The standard InChI is InChI=1S/C22H18N4O4S2/c1-12(20(27)26-21-23-14-8-7-13(28-2)11-17(14)32-21)31-22-24-18(15-5-3-9-29-15)19(25-22)16-6-4-10-30-16/h3-12H,1-2H3,(H,24,25)(H,23,26,27). The first-order valence-electron chi connectivity index (χ1n) is 9.70. The second-order valence-electron chi connectivity index (χ2n) is 6.82. The third-order valence-electron chi connectivity index (χ3n) is 4.69. The predicted molar refractivity (Wildman–Crippen MR) is 124 cm³/mol. The van der Waals surface area contributed by atoms with Gasteiger partial charge in [0.25, 0.3) is 0 Å². The molecule has 1 aromatic carbocycles. The Morgan fingerprint density at radius 1 is 1.16 bits per heavy atom. The van der Waals surface area contributed by atoms with E-state index in [9.17, 15) is 4.79 Å². The van der Waals surface area contributed by atoms with Gasteiger partial charge in [-0.2, -0.15) is 0 Å². The lowest BCUT2D eigenvalue weighted by atomic mass is 10.2. The van der Waals surface area contributed by atoms with Crippen molar-refractivity contribution in [2.75, 3.05) is 12.4 Å². The van der Waals surface area contributed by atoms with Crippen molar-refractivity contribution in [2.45, 2.75) is 17.3 Å². The number of rotatable bonds is 7. The van der Waals surface area contributed by atoms with Gasteiger partial charge in [-0.05, 0) is 49.4 Å². The number of carbonyl (C=O) groups is 1. The van der Waals surface area contributed by atoms with Crippen LogP contribution >= 0.6 is 23.1 Å². The number of methoxy groups -OCH3 is 1. The van der Waals surface area contributed by atoms with Crippen LogP contribution in [-0.2, 0) is 4.79 Å². The van der Waals surface area contributed by atoms with Crippen LogP contribution in [0.2, 0.25) is 0 Å². The molecule has 2 N–H and O–H groups in total. The molecule has 0 spiro atoms. The molecule has 0 fully saturated rings. The minimum Gasteiger partial charge on any atom is -0.497 e. The van der Waals surface area contributed by atoms with Crippen molar-refractivity contribution in [3.63, 3.8) is 0 Å². The predicted octanol–water partition coefficient (Wildman–Crippen LogP) is 5.67. The summed E-state index contributed by atoms with van der Waals surface area (Å²) >= 11 is 2.71. The van der Waals surface area contributed by atoms with Gasteiger partial charge in [0.15, 0.2) is 21.8 Å². The van der Waals surface area contributed by atoms with E-state index in [0.29, 0.717) is 33.2 Å². The molecule has 0 radical (unpaired) electrons. The number of aromatic nitrogens is 3. The van der Waals surface area contributed by atoms with Crippen LogP contribution in [0.15, 0.2) is 69.0 Å². The molecule has 0 bridgehead atoms. The lowest BCUT2D eigenvalue weighted by molar-refractivity contribution is -0.115. The molecule has 0 aliphatic carbocycles. The van der Waals surface area contributed by atoms with Crippen molar-refractivity contribution in [1.82, 2.24) is 15.0 Å². The SMILES string of the molecule is COc1ccc2nc(NC(=O)C(C)Sc3nc(-c4ccco4)c(-c4ccco4)[nH]3)sc2c1. The van der Waals surface area contributed by atoms with Crippen molar-refractivity contribution in [3.05, 3.63) is 55.0 Å². The van der Waals surface area contributed by atoms with Crippen LogP contribution in [0.1, 0.15) is 6.92 Å². The summed E-state index contributed by atoms with van der Waals surface area (Å²) < 4.78 is 17.2. The number of nitrogens with one attached hydrogen (secondary N) is 2. The van der Waals surface area contributed by atoms with Crippen molar-refractivity contribution < 1.29 is 18.4 Å². The van der Waals surface area contributed by atoms with Crippen LogP contribution < -0.4 is 10.1 Å². The normalized spacial score (nSPS) is 12.2. The molecule has 1 amide bonds. The Hall–Kier alpha value is -3.50. The van der Waals surface area contributed by atoms with Gasteiger partial charge in [-0.15, -0.1) is 0 Å². The van der Waals surface area contributed by atoms with Crippen LogP contribution in [0.3, 0.4) is 0 Å².